The second-order valence-corrected chi connectivity index (χ2v) is 6.55. The SMILES string of the molecule is Brc1ccc(CCNC2=NCCS2)s1. The Bertz CT molecular complexity index is 335. The molecule has 0 bridgehead atoms. The zero-order chi connectivity index (χ0) is 9.80. The highest BCUT2D eigenvalue weighted by molar-refractivity contribution is 9.11. The lowest BCUT2D eigenvalue weighted by Gasteiger charge is -2.02. The van der Waals surface area contributed by atoms with E-state index in [1.165, 1.54) is 8.66 Å². The Labute approximate surface area is 100 Å². The molecule has 0 aromatic carbocycles. The van der Waals surface area contributed by atoms with Gasteiger partial charge in [0.2, 0.25) is 0 Å². The topological polar surface area (TPSA) is 24.4 Å². The molecule has 0 aliphatic carbocycles. The van der Waals surface area contributed by atoms with Crippen LogP contribution in [0.15, 0.2) is 20.9 Å². The average molecular weight is 291 g/mol. The number of nitrogens with zero attached hydrogens (tertiary/aromatic N) is 1. The van der Waals surface area contributed by atoms with Crippen molar-refractivity contribution in [2.24, 2.45) is 4.99 Å². The molecule has 2 rings (SSSR count). The van der Waals surface area contributed by atoms with Crippen LogP contribution >= 0.6 is 39.0 Å². The number of rotatable bonds is 3. The van der Waals surface area contributed by atoms with Gasteiger partial charge in [0, 0.05) is 17.2 Å². The molecule has 5 heteroatoms. The quantitative estimate of drug-likeness (QED) is 0.926. The summed E-state index contributed by atoms with van der Waals surface area (Å²) in [6.45, 7) is 1.95. The summed E-state index contributed by atoms with van der Waals surface area (Å²) >= 11 is 7.08. The summed E-state index contributed by atoms with van der Waals surface area (Å²) in [5.74, 6) is 1.13. The first-order valence-corrected chi connectivity index (χ1v) is 7.09. The van der Waals surface area contributed by atoms with E-state index in [4.69, 9.17) is 0 Å². The van der Waals surface area contributed by atoms with Crippen LogP contribution in [0.25, 0.3) is 0 Å². The lowest BCUT2D eigenvalue weighted by atomic mass is 10.3. The molecule has 0 atom stereocenters. The molecule has 1 N–H and O–H groups in total. The minimum atomic E-state index is 0.970. The fourth-order valence-electron chi connectivity index (χ4n) is 1.22. The predicted molar refractivity (Wildman–Crippen MR) is 68.5 cm³/mol. The van der Waals surface area contributed by atoms with Crippen molar-refractivity contribution in [3.63, 3.8) is 0 Å². The molecule has 14 heavy (non-hydrogen) atoms. The van der Waals surface area contributed by atoms with Crippen LogP contribution < -0.4 is 5.32 Å². The highest BCUT2D eigenvalue weighted by Crippen LogP contribution is 2.22. The predicted octanol–water partition coefficient (Wildman–Crippen LogP) is 2.75. The van der Waals surface area contributed by atoms with Crippen molar-refractivity contribution in [1.29, 1.82) is 0 Å². The van der Waals surface area contributed by atoms with Crippen molar-refractivity contribution in [3.05, 3.63) is 20.8 Å². The Balaban J connectivity index is 1.72. The minimum Gasteiger partial charge on any atom is -0.365 e. The molecule has 0 saturated carbocycles. The summed E-state index contributed by atoms with van der Waals surface area (Å²) in [6.07, 6.45) is 1.08. The van der Waals surface area contributed by atoms with E-state index in [9.17, 15) is 0 Å². The number of nitrogens with one attached hydrogen (secondary N) is 1. The van der Waals surface area contributed by atoms with Gasteiger partial charge in [-0.1, -0.05) is 11.8 Å². The molecule has 0 amide bonds. The van der Waals surface area contributed by atoms with Crippen molar-refractivity contribution in [1.82, 2.24) is 5.32 Å². The summed E-state index contributed by atoms with van der Waals surface area (Å²) < 4.78 is 1.21. The van der Waals surface area contributed by atoms with Crippen LogP contribution in [0.3, 0.4) is 0 Å². The second kappa shape index (κ2) is 5.19. The molecule has 0 radical (unpaired) electrons. The van der Waals surface area contributed by atoms with Crippen LogP contribution in [0.5, 0.6) is 0 Å². The third kappa shape index (κ3) is 3.00. The van der Waals surface area contributed by atoms with Gasteiger partial charge in [-0.15, -0.1) is 11.3 Å². The molecule has 1 aromatic rings. The van der Waals surface area contributed by atoms with Crippen LogP contribution in [0.1, 0.15) is 4.88 Å². The van der Waals surface area contributed by atoms with E-state index < -0.39 is 0 Å². The Hall–Kier alpha value is -0.0000000000000000833. The molecule has 2 heterocycles. The molecule has 0 unspecified atom stereocenters. The molecule has 0 fully saturated rings. The summed E-state index contributed by atoms with van der Waals surface area (Å²) in [4.78, 5) is 5.74. The Morgan fingerprint density at radius 3 is 3.07 bits per heavy atom. The third-order valence-electron chi connectivity index (χ3n) is 1.86. The van der Waals surface area contributed by atoms with E-state index in [1.807, 2.05) is 11.8 Å². The maximum absolute atomic E-state index is 4.33. The first-order valence-electron chi connectivity index (χ1n) is 4.50. The number of hydrogen-bond acceptors (Lipinski definition) is 4. The Morgan fingerprint density at radius 2 is 2.43 bits per heavy atom. The van der Waals surface area contributed by atoms with Crippen molar-refractivity contribution < 1.29 is 0 Å². The van der Waals surface area contributed by atoms with Crippen LogP contribution in [0, 0.1) is 0 Å². The highest BCUT2D eigenvalue weighted by atomic mass is 79.9. The molecule has 76 valence electrons. The van der Waals surface area contributed by atoms with Gasteiger partial charge in [0.25, 0.3) is 0 Å². The van der Waals surface area contributed by atoms with Gasteiger partial charge in [0.1, 0.15) is 0 Å². The molecule has 0 spiro atoms. The molecule has 2 nitrogen and oxygen atoms in total. The second-order valence-electron chi connectivity index (χ2n) is 2.92. The smallest absolute Gasteiger partial charge is 0.156 e. The van der Waals surface area contributed by atoms with E-state index >= 15 is 0 Å². The largest absolute Gasteiger partial charge is 0.365 e. The van der Waals surface area contributed by atoms with Gasteiger partial charge < -0.3 is 5.32 Å². The average Bonchev–Trinajstić information content (AvgIpc) is 2.77. The summed E-state index contributed by atoms with van der Waals surface area (Å²) in [7, 11) is 0. The standard InChI is InChI=1S/C9H11BrN2S2/c10-8-2-1-7(14-8)3-4-11-9-12-5-6-13-9/h1-2H,3-6H2,(H,11,12). The summed E-state index contributed by atoms with van der Waals surface area (Å²) in [5.41, 5.74) is 0. The molecule has 0 saturated heterocycles. The third-order valence-corrected chi connectivity index (χ3v) is 4.48. The van der Waals surface area contributed by atoms with Gasteiger partial charge >= 0.3 is 0 Å². The van der Waals surface area contributed by atoms with Crippen molar-refractivity contribution in [3.8, 4) is 0 Å². The molecule has 1 aromatic heterocycles. The van der Waals surface area contributed by atoms with E-state index in [2.05, 4.69) is 38.4 Å². The molecular formula is C9H11BrN2S2. The maximum Gasteiger partial charge on any atom is 0.156 e. The lowest BCUT2D eigenvalue weighted by Crippen LogP contribution is -2.21. The van der Waals surface area contributed by atoms with E-state index in [1.54, 1.807) is 11.3 Å². The summed E-state index contributed by atoms with van der Waals surface area (Å²) in [5, 5.41) is 4.46. The number of thioether (sulfide) groups is 1. The molecule has 1 aliphatic heterocycles. The Kier molecular flexibility index (Phi) is 3.89. The number of thiophene rings is 1. The number of hydrogen-bond donors (Lipinski definition) is 1. The zero-order valence-corrected chi connectivity index (χ0v) is 10.8. The number of halogens is 1. The Morgan fingerprint density at radius 1 is 1.50 bits per heavy atom. The minimum absolute atomic E-state index is 0.970. The van der Waals surface area contributed by atoms with Crippen molar-refractivity contribution in [2.45, 2.75) is 6.42 Å². The fourth-order valence-corrected chi connectivity index (χ4v) is 3.47. The molecular weight excluding hydrogens is 280 g/mol. The summed E-state index contributed by atoms with van der Waals surface area (Å²) in [6, 6.07) is 4.27. The van der Waals surface area contributed by atoms with Crippen LogP contribution in [0.4, 0.5) is 0 Å². The number of amidine groups is 1. The van der Waals surface area contributed by atoms with E-state index in [0.29, 0.717) is 0 Å². The normalized spacial score (nSPS) is 15.6. The van der Waals surface area contributed by atoms with Crippen molar-refractivity contribution >= 4 is 44.2 Å². The lowest BCUT2D eigenvalue weighted by molar-refractivity contribution is 0.884. The number of aliphatic imine (C=N–C) groups is 1. The van der Waals surface area contributed by atoms with Crippen LogP contribution in [0.2, 0.25) is 0 Å². The highest BCUT2D eigenvalue weighted by Gasteiger charge is 2.05. The maximum atomic E-state index is 4.33. The van der Waals surface area contributed by atoms with E-state index in [0.717, 1.165) is 30.4 Å². The molecule has 1 aliphatic rings. The first-order chi connectivity index (χ1) is 6.84. The van der Waals surface area contributed by atoms with Crippen molar-refractivity contribution in [2.75, 3.05) is 18.8 Å². The van der Waals surface area contributed by atoms with Gasteiger partial charge in [-0.25, -0.2) is 0 Å². The van der Waals surface area contributed by atoms with Gasteiger partial charge in [-0.3, -0.25) is 4.99 Å². The van der Waals surface area contributed by atoms with Gasteiger partial charge in [0.05, 0.1) is 10.3 Å². The van der Waals surface area contributed by atoms with Crippen LogP contribution in [-0.2, 0) is 6.42 Å². The van der Waals surface area contributed by atoms with E-state index in [-0.39, 0.29) is 0 Å². The van der Waals surface area contributed by atoms with Gasteiger partial charge in [0.15, 0.2) is 5.17 Å². The van der Waals surface area contributed by atoms with Gasteiger partial charge in [-0.05, 0) is 34.5 Å². The van der Waals surface area contributed by atoms with Gasteiger partial charge in [-0.2, -0.15) is 0 Å². The monoisotopic (exact) mass is 290 g/mol. The zero-order valence-electron chi connectivity index (χ0n) is 7.62. The first kappa shape index (κ1) is 10.5. The fraction of sp³-hybridized carbons (Fsp3) is 0.444. The van der Waals surface area contributed by atoms with Crippen LogP contribution in [-0.4, -0.2) is 24.0 Å².